The summed E-state index contributed by atoms with van der Waals surface area (Å²) in [5.41, 5.74) is 2.59. The van der Waals surface area contributed by atoms with Crippen LogP contribution in [0, 0.1) is 0 Å². The van der Waals surface area contributed by atoms with Crippen molar-refractivity contribution in [2.75, 3.05) is 19.8 Å². The van der Waals surface area contributed by atoms with E-state index in [0.29, 0.717) is 18.8 Å². The lowest BCUT2D eigenvalue weighted by atomic mass is 10.2. The highest BCUT2D eigenvalue weighted by atomic mass is 16.5. The number of ether oxygens (including phenoxy) is 2. The van der Waals surface area contributed by atoms with Crippen molar-refractivity contribution in [2.45, 2.75) is 39.0 Å². The van der Waals surface area contributed by atoms with Gasteiger partial charge in [0.15, 0.2) is 0 Å². The Hall–Kier alpha value is -1.59. The van der Waals surface area contributed by atoms with Gasteiger partial charge < -0.3 is 9.47 Å². The number of carbonyl (C=O) groups is 1. The molecule has 0 heterocycles. The van der Waals surface area contributed by atoms with Crippen molar-refractivity contribution in [1.29, 1.82) is 0 Å². The van der Waals surface area contributed by atoms with Crippen molar-refractivity contribution >= 4 is 5.91 Å². The Morgan fingerprint density at radius 1 is 1.05 bits per heavy atom. The molecule has 0 aliphatic carbocycles. The molecule has 0 atom stereocenters. The van der Waals surface area contributed by atoms with Gasteiger partial charge >= 0.3 is 0 Å². The first-order valence-electron chi connectivity index (χ1n) is 7.59. The van der Waals surface area contributed by atoms with Crippen LogP contribution in [0.4, 0.5) is 0 Å². The van der Waals surface area contributed by atoms with Crippen molar-refractivity contribution in [1.82, 2.24) is 5.43 Å². The number of hydrogen-bond donors (Lipinski definition) is 2. The summed E-state index contributed by atoms with van der Waals surface area (Å²) >= 11 is 0. The predicted molar refractivity (Wildman–Crippen MR) is 83.2 cm³/mol. The lowest BCUT2D eigenvalue weighted by molar-refractivity contribution is 0.0951. The van der Waals surface area contributed by atoms with Gasteiger partial charge in [0.05, 0.1) is 6.61 Å². The highest BCUT2D eigenvalue weighted by Gasteiger charge is 2.02. The second kappa shape index (κ2) is 11.1. The van der Waals surface area contributed by atoms with Crippen LogP contribution >= 0.6 is 0 Å². The van der Waals surface area contributed by atoms with Crippen molar-refractivity contribution in [2.24, 2.45) is 5.84 Å². The molecule has 0 radical (unpaired) electrons. The zero-order valence-corrected chi connectivity index (χ0v) is 12.8. The molecule has 0 saturated heterocycles. The number of unbranched alkanes of at least 4 members (excludes halogenated alkanes) is 4. The van der Waals surface area contributed by atoms with Crippen LogP contribution in [-0.2, 0) is 4.74 Å². The monoisotopic (exact) mass is 294 g/mol. The van der Waals surface area contributed by atoms with Crippen LogP contribution in [0.2, 0.25) is 0 Å². The van der Waals surface area contributed by atoms with Gasteiger partial charge in [-0.05, 0) is 30.7 Å². The molecule has 5 nitrogen and oxygen atoms in total. The van der Waals surface area contributed by atoms with E-state index in [9.17, 15) is 4.79 Å². The molecule has 0 bridgehead atoms. The van der Waals surface area contributed by atoms with Crippen molar-refractivity contribution in [3.05, 3.63) is 29.8 Å². The van der Waals surface area contributed by atoms with Crippen LogP contribution < -0.4 is 16.0 Å². The van der Waals surface area contributed by atoms with Gasteiger partial charge in [-0.15, -0.1) is 0 Å². The SMILES string of the molecule is CCCCCCCOCCOc1ccc(C(=O)NN)cc1. The number of nitrogens with two attached hydrogens (primary N) is 1. The summed E-state index contributed by atoms with van der Waals surface area (Å²) in [6, 6.07) is 6.84. The molecule has 0 fully saturated rings. The van der Waals surface area contributed by atoms with E-state index >= 15 is 0 Å². The molecule has 0 spiro atoms. The molecular formula is C16H26N2O3. The molecule has 0 aliphatic heterocycles. The number of hydrogen-bond acceptors (Lipinski definition) is 4. The van der Waals surface area contributed by atoms with E-state index in [0.717, 1.165) is 18.8 Å². The molecule has 5 heteroatoms. The zero-order chi connectivity index (χ0) is 15.3. The second-order valence-electron chi connectivity index (χ2n) is 4.87. The van der Waals surface area contributed by atoms with Crippen LogP contribution in [0.3, 0.4) is 0 Å². The first-order valence-corrected chi connectivity index (χ1v) is 7.59. The third-order valence-corrected chi connectivity index (χ3v) is 3.14. The topological polar surface area (TPSA) is 73.6 Å². The number of hydrazine groups is 1. The highest BCUT2D eigenvalue weighted by Crippen LogP contribution is 2.12. The Balaban J connectivity index is 2.06. The summed E-state index contributed by atoms with van der Waals surface area (Å²) in [5, 5.41) is 0. The minimum atomic E-state index is -0.312. The lowest BCUT2D eigenvalue weighted by Gasteiger charge is -2.08. The molecule has 1 aromatic rings. The molecule has 1 amide bonds. The third-order valence-electron chi connectivity index (χ3n) is 3.14. The molecule has 1 aromatic carbocycles. The van der Waals surface area contributed by atoms with E-state index in [4.69, 9.17) is 15.3 Å². The van der Waals surface area contributed by atoms with Gasteiger partial charge in [0.1, 0.15) is 12.4 Å². The van der Waals surface area contributed by atoms with Gasteiger partial charge in [0.2, 0.25) is 0 Å². The first kappa shape index (κ1) is 17.5. The van der Waals surface area contributed by atoms with E-state index in [1.54, 1.807) is 24.3 Å². The summed E-state index contributed by atoms with van der Waals surface area (Å²) < 4.78 is 11.0. The van der Waals surface area contributed by atoms with Crippen LogP contribution in [0.1, 0.15) is 49.4 Å². The predicted octanol–water partition coefficient (Wildman–Crippen LogP) is 2.66. The Morgan fingerprint density at radius 3 is 2.43 bits per heavy atom. The van der Waals surface area contributed by atoms with E-state index < -0.39 is 0 Å². The molecule has 1 rings (SSSR count). The second-order valence-corrected chi connectivity index (χ2v) is 4.87. The Kier molecular flexibility index (Phi) is 9.24. The fraction of sp³-hybridized carbons (Fsp3) is 0.562. The van der Waals surface area contributed by atoms with Crippen LogP contribution in [0.15, 0.2) is 24.3 Å². The Labute approximate surface area is 126 Å². The maximum Gasteiger partial charge on any atom is 0.265 e. The summed E-state index contributed by atoms with van der Waals surface area (Å²) in [6.45, 7) is 4.10. The number of benzene rings is 1. The van der Waals surface area contributed by atoms with E-state index in [1.807, 2.05) is 0 Å². The van der Waals surface area contributed by atoms with E-state index in [2.05, 4.69) is 12.3 Å². The van der Waals surface area contributed by atoms with Crippen LogP contribution in [0.5, 0.6) is 5.75 Å². The minimum absolute atomic E-state index is 0.312. The lowest BCUT2D eigenvalue weighted by Crippen LogP contribution is -2.29. The number of amides is 1. The fourth-order valence-electron chi connectivity index (χ4n) is 1.91. The Morgan fingerprint density at radius 2 is 1.76 bits per heavy atom. The average Bonchev–Trinajstić information content (AvgIpc) is 2.53. The van der Waals surface area contributed by atoms with Crippen molar-refractivity contribution < 1.29 is 14.3 Å². The molecule has 0 unspecified atom stereocenters. The summed E-state index contributed by atoms with van der Waals surface area (Å²) in [5.74, 6) is 5.47. The standard InChI is InChI=1S/C16H26N2O3/c1-2-3-4-5-6-11-20-12-13-21-15-9-7-14(8-10-15)16(19)18-17/h7-10H,2-6,11-13,17H2,1H3,(H,18,19). The van der Waals surface area contributed by atoms with Gasteiger partial charge in [-0.2, -0.15) is 0 Å². The number of nitrogen functional groups attached to an aromatic ring is 1. The third kappa shape index (κ3) is 7.68. The molecule has 3 N–H and O–H groups in total. The highest BCUT2D eigenvalue weighted by molar-refractivity contribution is 5.93. The molecule has 21 heavy (non-hydrogen) atoms. The quantitative estimate of drug-likeness (QED) is 0.285. The molecule has 0 aliphatic rings. The molecule has 0 aromatic heterocycles. The van der Waals surface area contributed by atoms with Crippen molar-refractivity contribution in [3.8, 4) is 5.75 Å². The summed E-state index contributed by atoms with van der Waals surface area (Å²) in [6.07, 6.45) is 6.21. The maximum absolute atomic E-state index is 11.3. The molecule has 118 valence electrons. The van der Waals surface area contributed by atoms with Gasteiger partial charge in [-0.1, -0.05) is 32.6 Å². The van der Waals surface area contributed by atoms with E-state index in [1.165, 1.54) is 25.7 Å². The zero-order valence-electron chi connectivity index (χ0n) is 12.8. The number of rotatable bonds is 11. The van der Waals surface area contributed by atoms with Crippen LogP contribution in [0.25, 0.3) is 0 Å². The Bertz CT molecular complexity index is 393. The number of nitrogens with one attached hydrogen (secondary N) is 1. The maximum atomic E-state index is 11.3. The summed E-state index contributed by atoms with van der Waals surface area (Å²) in [7, 11) is 0. The van der Waals surface area contributed by atoms with Gasteiger partial charge in [0, 0.05) is 12.2 Å². The molecular weight excluding hydrogens is 268 g/mol. The summed E-state index contributed by atoms with van der Waals surface area (Å²) in [4.78, 5) is 11.3. The van der Waals surface area contributed by atoms with Gasteiger partial charge in [-0.25, -0.2) is 5.84 Å². The van der Waals surface area contributed by atoms with Crippen LogP contribution in [-0.4, -0.2) is 25.7 Å². The number of carbonyl (C=O) groups excluding carboxylic acids is 1. The fourth-order valence-corrected chi connectivity index (χ4v) is 1.91. The minimum Gasteiger partial charge on any atom is -0.491 e. The average molecular weight is 294 g/mol. The van der Waals surface area contributed by atoms with Gasteiger partial charge in [-0.3, -0.25) is 10.2 Å². The normalized spacial score (nSPS) is 10.4. The smallest absolute Gasteiger partial charge is 0.265 e. The first-order chi connectivity index (χ1) is 10.3. The van der Waals surface area contributed by atoms with Gasteiger partial charge in [0.25, 0.3) is 5.91 Å². The largest absolute Gasteiger partial charge is 0.491 e. The molecule has 0 saturated carbocycles. The van der Waals surface area contributed by atoms with Crippen molar-refractivity contribution in [3.63, 3.8) is 0 Å². The van der Waals surface area contributed by atoms with E-state index in [-0.39, 0.29) is 5.91 Å².